The molecular weight excluding hydrogens is 399 g/mol. The van der Waals surface area contributed by atoms with E-state index in [1.165, 1.54) is 22.8 Å². The summed E-state index contributed by atoms with van der Waals surface area (Å²) in [7, 11) is 2.00. The largest absolute Gasteiger partial charge is 0.491 e. The molecule has 0 saturated carbocycles. The number of pyridine rings is 1. The lowest BCUT2D eigenvalue weighted by Crippen LogP contribution is -2.20. The smallest absolute Gasteiger partial charge is 0.128 e. The summed E-state index contributed by atoms with van der Waals surface area (Å²) in [5.41, 5.74) is 7.48. The van der Waals surface area contributed by atoms with Gasteiger partial charge in [0, 0.05) is 41.5 Å². The van der Waals surface area contributed by atoms with E-state index in [-0.39, 0.29) is 11.9 Å². The van der Waals surface area contributed by atoms with Crippen molar-refractivity contribution in [1.29, 1.82) is 0 Å². The van der Waals surface area contributed by atoms with Gasteiger partial charge in [0.05, 0.1) is 11.8 Å². The Hall–Kier alpha value is -2.72. The van der Waals surface area contributed by atoms with Gasteiger partial charge in [0.2, 0.25) is 0 Å². The van der Waals surface area contributed by atoms with Gasteiger partial charge in [-0.25, -0.2) is 4.39 Å². The summed E-state index contributed by atoms with van der Waals surface area (Å²) in [6.07, 6.45) is 1.96. The number of benzene rings is 2. The molecule has 3 nitrogen and oxygen atoms in total. The quantitative estimate of drug-likeness (QED) is 0.373. The maximum atomic E-state index is 14.1. The zero-order valence-corrected chi connectivity index (χ0v) is 20.2. The van der Waals surface area contributed by atoms with E-state index in [0.717, 1.165) is 35.5 Å². The second kappa shape index (κ2) is 10.7. The number of ether oxygens (including phenoxy) is 1. The van der Waals surface area contributed by atoms with Crippen molar-refractivity contribution in [3.8, 4) is 17.0 Å². The van der Waals surface area contributed by atoms with Gasteiger partial charge in [0.25, 0.3) is 0 Å². The molecule has 3 rings (SSSR count). The van der Waals surface area contributed by atoms with Gasteiger partial charge >= 0.3 is 0 Å². The molecule has 0 bridgehead atoms. The fourth-order valence-electron chi connectivity index (χ4n) is 4.16. The van der Waals surface area contributed by atoms with Crippen LogP contribution in [0.1, 0.15) is 55.6 Å². The number of rotatable bonds is 9. The molecule has 170 valence electrons. The maximum absolute atomic E-state index is 14.1. The van der Waals surface area contributed by atoms with E-state index in [4.69, 9.17) is 9.72 Å². The molecule has 0 aliphatic rings. The minimum atomic E-state index is -0.175. The fourth-order valence-corrected chi connectivity index (χ4v) is 4.16. The summed E-state index contributed by atoms with van der Waals surface area (Å²) < 4.78 is 20.4. The summed E-state index contributed by atoms with van der Waals surface area (Å²) in [6, 6.07) is 15.5. The monoisotopic (exact) mass is 434 g/mol. The average molecular weight is 435 g/mol. The zero-order valence-electron chi connectivity index (χ0n) is 20.2. The number of aryl methyl sites for hydroxylation is 3. The lowest BCUT2D eigenvalue weighted by Gasteiger charge is -2.23. The highest BCUT2D eigenvalue weighted by atomic mass is 19.1. The lowest BCUT2D eigenvalue weighted by atomic mass is 9.94. The molecule has 0 radical (unpaired) electrons. The van der Waals surface area contributed by atoms with E-state index in [9.17, 15) is 4.39 Å². The molecule has 0 aliphatic carbocycles. The minimum absolute atomic E-state index is 0.0485. The molecular formula is C28H35FN2O. The molecule has 0 amide bonds. The maximum Gasteiger partial charge on any atom is 0.128 e. The predicted molar refractivity (Wildman–Crippen MR) is 131 cm³/mol. The van der Waals surface area contributed by atoms with Crippen LogP contribution in [0.5, 0.6) is 5.75 Å². The third kappa shape index (κ3) is 5.55. The second-order valence-corrected chi connectivity index (χ2v) is 8.66. The van der Waals surface area contributed by atoms with Crippen molar-refractivity contribution in [3.05, 3.63) is 82.3 Å². The Morgan fingerprint density at radius 2 is 1.56 bits per heavy atom. The third-order valence-electron chi connectivity index (χ3n) is 5.73. The van der Waals surface area contributed by atoms with Crippen LogP contribution in [0.3, 0.4) is 0 Å². The molecule has 4 heteroatoms. The Kier molecular flexibility index (Phi) is 8.03. The molecule has 2 aromatic carbocycles. The highest BCUT2D eigenvalue weighted by molar-refractivity contribution is 5.70. The van der Waals surface area contributed by atoms with Crippen LogP contribution in [0.25, 0.3) is 11.3 Å². The van der Waals surface area contributed by atoms with Gasteiger partial charge < -0.3 is 4.74 Å². The average Bonchev–Trinajstić information content (AvgIpc) is 2.76. The number of hydrogen-bond acceptors (Lipinski definition) is 3. The van der Waals surface area contributed by atoms with Crippen molar-refractivity contribution >= 4 is 0 Å². The standard InChI is InChI=1S/C28H35FN2O/c1-7-21-13-11-14-22(8-2)28(21)26-16-27(32-19(3)4)24(20(5)30-26)18-31(6)17-23-12-9-10-15-25(23)29/h9-16,19H,7-8,17-18H2,1-6H3. The van der Waals surface area contributed by atoms with E-state index in [2.05, 4.69) is 43.0 Å². The molecule has 0 aliphatic heterocycles. The summed E-state index contributed by atoms with van der Waals surface area (Å²) in [5.74, 6) is 0.683. The molecule has 0 N–H and O–H groups in total. The van der Waals surface area contributed by atoms with E-state index >= 15 is 0 Å². The number of aromatic nitrogens is 1. The molecule has 0 saturated heterocycles. The molecule has 1 heterocycles. The lowest BCUT2D eigenvalue weighted by molar-refractivity contribution is 0.232. The minimum Gasteiger partial charge on any atom is -0.491 e. The Morgan fingerprint density at radius 1 is 0.938 bits per heavy atom. The first-order valence-electron chi connectivity index (χ1n) is 11.5. The van der Waals surface area contributed by atoms with Gasteiger partial charge in [-0.2, -0.15) is 0 Å². The number of halogens is 1. The van der Waals surface area contributed by atoms with Crippen molar-refractivity contribution in [2.24, 2.45) is 0 Å². The van der Waals surface area contributed by atoms with E-state index in [0.29, 0.717) is 18.7 Å². The Bertz CT molecular complexity index is 1040. The van der Waals surface area contributed by atoms with Gasteiger partial charge in [0.15, 0.2) is 0 Å². The van der Waals surface area contributed by atoms with Gasteiger partial charge in [-0.1, -0.05) is 50.2 Å². The van der Waals surface area contributed by atoms with Crippen LogP contribution < -0.4 is 4.74 Å². The van der Waals surface area contributed by atoms with Crippen LogP contribution in [0, 0.1) is 12.7 Å². The van der Waals surface area contributed by atoms with E-state index in [1.807, 2.05) is 40.0 Å². The fraction of sp³-hybridized carbons (Fsp3) is 0.393. The first kappa shape index (κ1) is 23.9. The van der Waals surface area contributed by atoms with Crippen LogP contribution in [-0.4, -0.2) is 23.0 Å². The van der Waals surface area contributed by atoms with E-state index in [1.54, 1.807) is 6.07 Å². The molecule has 0 fully saturated rings. The predicted octanol–water partition coefficient (Wildman–Crippen LogP) is 6.74. The topological polar surface area (TPSA) is 25.4 Å². The van der Waals surface area contributed by atoms with Crippen LogP contribution >= 0.6 is 0 Å². The normalized spacial score (nSPS) is 11.4. The zero-order chi connectivity index (χ0) is 23.3. The highest BCUT2D eigenvalue weighted by Crippen LogP contribution is 2.34. The summed E-state index contributed by atoms with van der Waals surface area (Å²) >= 11 is 0. The molecule has 0 atom stereocenters. The van der Waals surface area contributed by atoms with Crippen molar-refractivity contribution in [3.63, 3.8) is 0 Å². The van der Waals surface area contributed by atoms with Gasteiger partial charge in [0.1, 0.15) is 11.6 Å². The van der Waals surface area contributed by atoms with Crippen LogP contribution in [0.15, 0.2) is 48.5 Å². The van der Waals surface area contributed by atoms with Crippen molar-refractivity contribution in [1.82, 2.24) is 9.88 Å². The third-order valence-corrected chi connectivity index (χ3v) is 5.73. The van der Waals surface area contributed by atoms with Crippen molar-refractivity contribution in [2.45, 2.75) is 66.7 Å². The SMILES string of the molecule is CCc1cccc(CC)c1-c1cc(OC(C)C)c(CN(C)Cc2ccccc2F)c(C)n1. The van der Waals surface area contributed by atoms with Crippen LogP contribution in [0.4, 0.5) is 4.39 Å². The summed E-state index contributed by atoms with van der Waals surface area (Å²) in [4.78, 5) is 7.13. The second-order valence-electron chi connectivity index (χ2n) is 8.66. The Morgan fingerprint density at radius 3 is 2.16 bits per heavy atom. The highest BCUT2D eigenvalue weighted by Gasteiger charge is 2.18. The summed E-state index contributed by atoms with van der Waals surface area (Å²) in [5, 5.41) is 0. The van der Waals surface area contributed by atoms with Gasteiger partial charge in [-0.3, -0.25) is 9.88 Å². The first-order valence-corrected chi connectivity index (χ1v) is 11.5. The molecule has 1 aromatic heterocycles. The van der Waals surface area contributed by atoms with Crippen molar-refractivity contribution in [2.75, 3.05) is 7.05 Å². The number of nitrogens with zero attached hydrogens (tertiary/aromatic N) is 2. The number of hydrogen-bond donors (Lipinski definition) is 0. The molecule has 0 unspecified atom stereocenters. The Balaban J connectivity index is 2.01. The Labute approximate surface area is 192 Å². The summed E-state index contributed by atoms with van der Waals surface area (Å²) in [6.45, 7) is 11.6. The van der Waals surface area contributed by atoms with Crippen LogP contribution in [-0.2, 0) is 25.9 Å². The van der Waals surface area contributed by atoms with Gasteiger partial charge in [-0.15, -0.1) is 0 Å². The van der Waals surface area contributed by atoms with Crippen molar-refractivity contribution < 1.29 is 9.13 Å². The first-order chi connectivity index (χ1) is 15.3. The van der Waals surface area contributed by atoms with Gasteiger partial charge in [-0.05, 0) is 57.9 Å². The molecule has 0 spiro atoms. The van der Waals surface area contributed by atoms with E-state index < -0.39 is 0 Å². The molecule has 32 heavy (non-hydrogen) atoms. The molecule has 3 aromatic rings. The van der Waals surface area contributed by atoms with Crippen LogP contribution in [0.2, 0.25) is 0 Å².